The van der Waals surface area contributed by atoms with E-state index in [0.29, 0.717) is 24.2 Å². The summed E-state index contributed by atoms with van der Waals surface area (Å²) in [7, 11) is -3.96. The molecule has 1 amide bonds. The molecule has 1 aliphatic heterocycles. The van der Waals surface area contributed by atoms with E-state index in [0.717, 1.165) is 17.7 Å². The van der Waals surface area contributed by atoms with E-state index >= 15 is 0 Å². The number of amides is 1. The van der Waals surface area contributed by atoms with Gasteiger partial charge in [-0.1, -0.05) is 0 Å². The molecule has 32 heavy (non-hydrogen) atoms. The van der Waals surface area contributed by atoms with Gasteiger partial charge in [0.2, 0.25) is 15.9 Å². The van der Waals surface area contributed by atoms with E-state index < -0.39 is 27.3 Å². The van der Waals surface area contributed by atoms with Gasteiger partial charge in [0.05, 0.1) is 22.8 Å². The summed E-state index contributed by atoms with van der Waals surface area (Å²) < 4.78 is 40.7. The number of pyridine rings is 1. The number of carbonyl (C=O) groups is 1. The zero-order valence-corrected chi connectivity index (χ0v) is 18.2. The maximum absolute atomic E-state index is 13.2. The minimum absolute atomic E-state index is 0.0447. The number of benzene rings is 1. The van der Waals surface area contributed by atoms with Gasteiger partial charge in [0.25, 0.3) is 0 Å². The Morgan fingerprint density at radius 1 is 1.22 bits per heavy atom. The summed E-state index contributed by atoms with van der Waals surface area (Å²) >= 11 is 0. The molecule has 1 aliphatic rings. The van der Waals surface area contributed by atoms with Gasteiger partial charge in [-0.15, -0.1) is 0 Å². The number of sulfonamides is 1. The van der Waals surface area contributed by atoms with Gasteiger partial charge in [0.1, 0.15) is 17.7 Å². The van der Waals surface area contributed by atoms with Gasteiger partial charge in [-0.25, -0.2) is 22.8 Å². The average molecular weight is 456 g/mol. The van der Waals surface area contributed by atoms with Crippen LogP contribution in [0.1, 0.15) is 25.5 Å². The van der Waals surface area contributed by atoms with Crippen LogP contribution in [-0.2, 0) is 21.4 Å². The van der Waals surface area contributed by atoms with Crippen LogP contribution >= 0.6 is 0 Å². The predicted octanol–water partition coefficient (Wildman–Crippen LogP) is 2.54. The Labute approximate surface area is 185 Å². The van der Waals surface area contributed by atoms with Crippen LogP contribution in [-0.4, -0.2) is 45.7 Å². The zero-order valence-electron chi connectivity index (χ0n) is 17.4. The molecule has 166 valence electrons. The molecule has 0 radical (unpaired) electrons. The second-order valence-electron chi connectivity index (χ2n) is 7.73. The molecule has 4 rings (SSSR count). The summed E-state index contributed by atoms with van der Waals surface area (Å²) in [5.74, 6) is -0.941. The lowest BCUT2D eigenvalue weighted by atomic mass is 9.99. The van der Waals surface area contributed by atoms with E-state index in [1.54, 1.807) is 31.5 Å². The second-order valence-corrected chi connectivity index (χ2v) is 9.59. The first-order chi connectivity index (χ1) is 15.3. The van der Waals surface area contributed by atoms with Gasteiger partial charge < -0.3 is 5.32 Å². The van der Waals surface area contributed by atoms with Gasteiger partial charge in [-0.3, -0.25) is 9.78 Å². The van der Waals surface area contributed by atoms with E-state index in [1.807, 2.05) is 6.07 Å². The van der Waals surface area contributed by atoms with Gasteiger partial charge in [-0.05, 0) is 62.2 Å². The highest BCUT2D eigenvalue weighted by molar-refractivity contribution is 7.89. The van der Waals surface area contributed by atoms with E-state index in [2.05, 4.69) is 20.3 Å². The SMILES string of the molecule is CC1(C(=O)NCc2cc(-c3cccnc3)ncn2)CCCN1S(=O)(=O)c1ccc(F)cc1. The van der Waals surface area contributed by atoms with Crippen molar-refractivity contribution in [1.29, 1.82) is 0 Å². The lowest BCUT2D eigenvalue weighted by molar-refractivity contribution is -0.129. The molecule has 1 fully saturated rings. The first-order valence-electron chi connectivity index (χ1n) is 10.1. The first-order valence-corrected chi connectivity index (χ1v) is 11.5. The summed E-state index contributed by atoms with van der Waals surface area (Å²) in [4.78, 5) is 25.6. The lowest BCUT2D eigenvalue weighted by Gasteiger charge is -2.33. The minimum atomic E-state index is -3.96. The summed E-state index contributed by atoms with van der Waals surface area (Å²) in [6.45, 7) is 1.94. The number of hydrogen-bond donors (Lipinski definition) is 1. The molecule has 0 bridgehead atoms. The van der Waals surface area contributed by atoms with E-state index in [1.165, 1.54) is 22.8 Å². The fraction of sp³-hybridized carbons (Fsp3) is 0.273. The third-order valence-electron chi connectivity index (χ3n) is 5.58. The maximum atomic E-state index is 13.2. The number of rotatable bonds is 6. The van der Waals surface area contributed by atoms with Crippen molar-refractivity contribution in [3.05, 3.63) is 72.7 Å². The predicted molar refractivity (Wildman–Crippen MR) is 115 cm³/mol. The Hall–Kier alpha value is -3.24. The molecule has 0 spiro atoms. The molecule has 0 aliphatic carbocycles. The lowest BCUT2D eigenvalue weighted by Crippen LogP contribution is -2.55. The third-order valence-corrected chi connectivity index (χ3v) is 7.61. The minimum Gasteiger partial charge on any atom is -0.349 e. The molecule has 10 heteroatoms. The Kier molecular flexibility index (Phi) is 5.98. The van der Waals surface area contributed by atoms with Crippen molar-refractivity contribution in [3.63, 3.8) is 0 Å². The Bertz CT molecular complexity index is 1220. The van der Waals surface area contributed by atoms with Gasteiger partial charge in [0, 0.05) is 24.5 Å². The monoisotopic (exact) mass is 455 g/mol. The molecular formula is C22H22FN5O3S. The number of nitrogens with one attached hydrogen (secondary N) is 1. The van der Waals surface area contributed by atoms with Crippen molar-refractivity contribution in [2.75, 3.05) is 6.54 Å². The summed E-state index contributed by atoms with van der Waals surface area (Å²) in [6.07, 6.45) is 5.68. The molecule has 1 saturated heterocycles. The summed E-state index contributed by atoms with van der Waals surface area (Å²) in [5, 5.41) is 2.81. The summed E-state index contributed by atoms with van der Waals surface area (Å²) in [6, 6.07) is 10.0. The topological polar surface area (TPSA) is 105 Å². The van der Waals surface area contributed by atoms with E-state index in [-0.39, 0.29) is 18.0 Å². The second kappa shape index (κ2) is 8.71. The third kappa shape index (κ3) is 4.23. The van der Waals surface area contributed by atoms with Crippen molar-refractivity contribution in [2.24, 2.45) is 0 Å². The normalized spacial score (nSPS) is 19.1. The van der Waals surface area contributed by atoms with Crippen molar-refractivity contribution in [3.8, 4) is 11.3 Å². The van der Waals surface area contributed by atoms with E-state index in [4.69, 9.17) is 0 Å². The quantitative estimate of drug-likeness (QED) is 0.612. The fourth-order valence-electron chi connectivity index (χ4n) is 3.81. The Morgan fingerprint density at radius 3 is 2.72 bits per heavy atom. The first kappa shape index (κ1) is 22.0. The van der Waals surface area contributed by atoms with Crippen LogP contribution in [0.3, 0.4) is 0 Å². The maximum Gasteiger partial charge on any atom is 0.244 e. The molecule has 3 aromatic rings. The van der Waals surface area contributed by atoms with Crippen molar-refractivity contribution in [2.45, 2.75) is 36.7 Å². The smallest absolute Gasteiger partial charge is 0.244 e. The highest BCUT2D eigenvalue weighted by Gasteiger charge is 2.49. The fourth-order valence-corrected chi connectivity index (χ4v) is 5.62. The average Bonchev–Trinajstić information content (AvgIpc) is 3.22. The van der Waals surface area contributed by atoms with Gasteiger partial charge in [0.15, 0.2) is 0 Å². The largest absolute Gasteiger partial charge is 0.349 e. The van der Waals surface area contributed by atoms with Crippen LogP contribution in [0.4, 0.5) is 4.39 Å². The molecule has 8 nitrogen and oxygen atoms in total. The van der Waals surface area contributed by atoms with Crippen LogP contribution in [0, 0.1) is 5.82 Å². The Balaban J connectivity index is 1.51. The van der Waals surface area contributed by atoms with Gasteiger partial charge >= 0.3 is 0 Å². The molecule has 0 saturated carbocycles. The molecule has 1 atom stereocenters. The van der Waals surface area contributed by atoms with Crippen LogP contribution in [0.2, 0.25) is 0 Å². The van der Waals surface area contributed by atoms with Crippen molar-refractivity contribution in [1.82, 2.24) is 24.6 Å². The summed E-state index contributed by atoms with van der Waals surface area (Å²) in [5.41, 5.74) is 0.820. The van der Waals surface area contributed by atoms with Crippen molar-refractivity contribution >= 4 is 15.9 Å². The molecule has 2 aromatic heterocycles. The van der Waals surface area contributed by atoms with Crippen LogP contribution in [0.5, 0.6) is 0 Å². The molecule has 1 aromatic carbocycles. The number of nitrogens with zero attached hydrogens (tertiary/aromatic N) is 4. The number of hydrogen-bond acceptors (Lipinski definition) is 6. The van der Waals surface area contributed by atoms with Crippen LogP contribution < -0.4 is 5.32 Å². The van der Waals surface area contributed by atoms with E-state index in [9.17, 15) is 17.6 Å². The zero-order chi connectivity index (χ0) is 22.8. The number of carbonyl (C=O) groups excluding carboxylic acids is 1. The molecule has 1 unspecified atom stereocenters. The van der Waals surface area contributed by atoms with Crippen LogP contribution in [0.15, 0.2) is 66.1 Å². The van der Waals surface area contributed by atoms with Gasteiger partial charge in [-0.2, -0.15) is 4.31 Å². The highest BCUT2D eigenvalue weighted by atomic mass is 32.2. The standard InChI is InChI=1S/C22H22FN5O3S/c1-22(9-3-11-28(22)32(30,31)19-7-5-17(23)6-8-19)21(29)25-14-18-12-20(27-15-26-18)16-4-2-10-24-13-16/h2,4-8,10,12-13,15H,3,9,11,14H2,1H3,(H,25,29). The number of halogens is 1. The molecule has 3 heterocycles. The van der Waals surface area contributed by atoms with Crippen molar-refractivity contribution < 1.29 is 17.6 Å². The molecule has 1 N–H and O–H groups in total. The van der Waals surface area contributed by atoms with Crippen LogP contribution in [0.25, 0.3) is 11.3 Å². The molecular weight excluding hydrogens is 433 g/mol. The Morgan fingerprint density at radius 2 is 2.00 bits per heavy atom. The highest BCUT2D eigenvalue weighted by Crippen LogP contribution is 2.34. The number of aromatic nitrogens is 3.